The molecule has 122 valence electrons. The summed E-state index contributed by atoms with van der Waals surface area (Å²) >= 11 is 0. The second kappa shape index (κ2) is 7.54. The number of ether oxygens (including phenoxy) is 3. The molecule has 0 bridgehead atoms. The lowest BCUT2D eigenvalue weighted by Gasteiger charge is -2.12. The summed E-state index contributed by atoms with van der Waals surface area (Å²) in [7, 11) is 3.12. The van der Waals surface area contributed by atoms with Crippen molar-refractivity contribution in [3.8, 4) is 17.2 Å². The van der Waals surface area contributed by atoms with Crippen LogP contribution in [0.25, 0.3) is 0 Å². The molecular formula is C18H21NO4. The van der Waals surface area contributed by atoms with Gasteiger partial charge in [0.15, 0.2) is 0 Å². The van der Waals surface area contributed by atoms with Crippen LogP contribution >= 0.6 is 0 Å². The maximum atomic E-state index is 12.4. The van der Waals surface area contributed by atoms with Crippen molar-refractivity contribution in [3.05, 3.63) is 48.0 Å². The van der Waals surface area contributed by atoms with E-state index in [9.17, 15) is 4.79 Å². The third-order valence-corrected chi connectivity index (χ3v) is 3.14. The first-order valence-corrected chi connectivity index (χ1v) is 7.33. The SMILES string of the molecule is COc1ccc(OC)c(NC(=O)c2ccc(OC(C)C)cc2)c1. The van der Waals surface area contributed by atoms with E-state index in [0.29, 0.717) is 22.7 Å². The number of methoxy groups -OCH3 is 2. The van der Waals surface area contributed by atoms with Crippen LogP contribution in [0.5, 0.6) is 17.2 Å². The Morgan fingerprint density at radius 2 is 1.61 bits per heavy atom. The molecule has 23 heavy (non-hydrogen) atoms. The predicted molar refractivity (Wildman–Crippen MR) is 89.7 cm³/mol. The van der Waals surface area contributed by atoms with E-state index >= 15 is 0 Å². The standard InChI is InChI=1S/C18H21NO4/c1-12(2)23-14-7-5-13(6-8-14)18(20)19-16-11-15(21-3)9-10-17(16)22-4/h5-12H,1-4H3,(H,19,20). The Balaban J connectivity index is 2.15. The second-order valence-electron chi connectivity index (χ2n) is 5.21. The van der Waals surface area contributed by atoms with Gasteiger partial charge in [-0.05, 0) is 50.2 Å². The molecule has 0 spiro atoms. The van der Waals surface area contributed by atoms with Crippen molar-refractivity contribution in [1.82, 2.24) is 0 Å². The molecule has 5 nitrogen and oxygen atoms in total. The monoisotopic (exact) mass is 315 g/mol. The van der Waals surface area contributed by atoms with Crippen molar-refractivity contribution in [2.75, 3.05) is 19.5 Å². The number of amides is 1. The summed E-state index contributed by atoms with van der Waals surface area (Å²) in [5.41, 5.74) is 1.09. The lowest BCUT2D eigenvalue weighted by molar-refractivity contribution is 0.102. The summed E-state index contributed by atoms with van der Waals surface area (Å²) < 4.78 is 16.0. The van der Waals surface area contributed by atoms with Gasteiger partial charge in [-0.2, -0.15) is 0 Å². The Kier molecular flexibility index (Phi) is 5.46. The zero-order valence-electron chi connectivity index (χ0n) is 13.8. The minimum absolute atomic E-state index is 0.0933. The summed E-state index contributed by atoms with van der Waals surface area (Å²) in [6.45, 7) is 3.91. The van der Waals surface area contributed by atoms with Crippen LogP contribution in [-0.2, 0) is 0 Å². The zero-order valence-corrected chi connectivity index (χ0v) is 13.8. The van der Waals surface area contributed by atoms with Crippen molar-refractivity contribution in [1.29, 1.82) is 0 Å². The summed E-state index contributed by atoms with van der Waals surface area (Å²) in [6, 6.07) is 12.2. The van der Waals surface area contributed by atoms with Crippen LogP contribution in [0.3, 0.4) is 0 Å². The molecule has 1 amide bonds. The van der Waals surface area contributed by atoms with Crippen molar-refractivity contribution >= 4 is 11.6 Å². The quantitative estimate of drug-likeness (QED) is 0.882. The minimum Gasteiger partial charge on any atom is -0.497 e. The topological polar surface area (TPSA) is 56.8 Å². The number of rotatable bonds is 6. The highest BCUT2D eigenvalue weighted by molar-refractivity contribution is 6.05. The van der Waals surface area contributed by atoms with Gasteiger partial charge < -0.3 is 19.5 Å². The maximum absolute atomic E-state index is 12.4. The van der Waals surface area contributed by atoms with Gasteiger partial charge in [-0.3, -0.25) is 4.79 Å². The molecule has 0 heterocycles. The van der Waals surface area contributed by atoms with Crippen molar-refractivity contribution in [2.24, 2.45) is 0 Å². The molecule has 0 radical (unpaired) electrons. The molecule has 2 aromatic rings. The van der Waals surface area contributed by atoms with Crippen LogP contribution in [-0.4, -0.2) is 26.2 Å². The average Bonchev–Trinajstić information content (AvgIpc) is 2.54. The molecular weight excluding hydrogens is 294 g/mol. The van der Waals surface area contributed by atoms with Gasteiger partial charge in [0, 0.05) is 11.6 Å². The van der Waals surface area contributed by atoms with Crippen LogP contribution in [0.2, 0.25) is 0 Å². The predicted octanol–water partition coefficient (Wildman–Crippen LogP) is 3.74. The summed E-state index contributed by atoms with van der Waals surface area (Å²) in [5, 5.41) is 2.83. The molecule has 0 saturated heterocycles. The molecule has 0 fully saturated rings. The van der Waals surface area contributed by atoms with Crippen molar-refractivity contribution in [2.45, 2.75) is 20.0 Å². The van der Waals surface area contributed by atoms with Gasteiger partial charge in [0.25, 0.3) is 5.91 Å². The highest BCUT2D eigenvalue weighted by Crippen LogP contribution is 2.29. The molecule has 0 atom stereocenters. The lowest BCUT2D eigenvalue weighted by Crippen LogP contribution is -2.13. The van der Waals surface area contributed by atoms with E-state index in [0.717, 1.165) is 5.75 Å². The molecule has 2 rings (SSSR count). The third kappa shape index (κ3) is 4.39. The number of benzene rings is 2. The number of hydrogen-bond donors (Lipinski definition) is 1. The number of anilines is 1. The maximum Gasteiger partial charge on any atom is 0.255 e. The summed E-state index contributed by atoms with van der Waals surface area (Å²) in [5.74, 6) is 1.71. The van der Waals surface area contributed by atoms with E-state index in [2.05, 4.69) is 5.32 Å². The zero-order chi connectivity index (χ0) is 16.8. The van der Waals surface area contributed by atoms with E-state index < -0.39 is 0 Å². The number of carbonyl (C=O) groups is 1. The third-order valence-electron chi connectivity index (χ3n) is 3.14. The van der Waals surface area contributed by atoms with Gasteiger partial charge in [-0.15, -0.1) is 0 Å². The molecule has 0 aliphatic carbocycles. The van der Waals surface area contributed by atoms with E-state index in [4.69, 9.17) is 14.2 Å². The van der Waals surface area contributed by atoms with Gasteiger partial charge in [0.1, 0.15) is 17.2 Å². The van der Waals surface area contributed by atoms with Crippen LogP contribution in [0.4, 0.5) is 5.69 Å². The first-order chi connectivity index (χ1) is 11.0. The summed E-state index contributed by atoms with van der Waals surface area (Å²) in [6.07, 6.45) is 0.0933. The van der Waals surface area contributed by atoms with Crippen LogP contribution in [0.1, 0.15) is 24.2 Å². The highest BCUT2D eigenvalue weighted by atomic mass is 16.5. The van der Waals surface area contributed by atoms with Crippen molar-refractivity contribution < 1.29 is 19.0 Å². The van der Waals surface area contributed by atoms with Gasteiger partial charge >= 0.3 is 0 Å². The Morgan fingerprint density at radius 1 is 0.957 bits per heavy atom. The van der Waals surface area contributed by atoms with Crippen LogP contribution in [0, 0.1) is 0 Å². The van der Waals surface area contributed by atoms with Gasteiger partial charge in [-0.25, -0.2) is 0 Å². The minimum atomic E-state index is -0.229. The number of hydrogen-bond acceptors (Lipinski definition) is 4. The van der Waals surface area contributed by atoms with Crippen molar-refractivity contribution in [3.63, 3.8) is 0 Å². The fourth-order valence-corrected chi connectivity index (χ4v) is 2.06. The molecule has 0 aliphatic rings. The lowest BCUT2D eigenvalue weighted by atomic mass is 10.2. The molecule has 5 heteroatoms. The Bertz CT molecular complexity index is 665. The molecule has 2 aromatic carbocycles. The normalized spacial score (nSPS) is 10.3. The largest absolute Gasteiger partial charge is 0.497 e. The Hall–Kier alpha value is -2.69. The van der Waals surface area contributed by atoms with E-state index in [-0.39, 0.29) is 12.0 Å². The Morgan fingerprint density at radius 3 is 2.17 bits per heavy atom. The number of carbonyl (C=O) groups excluding carboxylic acids is 1. The number of nitrogens with one attached hydrogen (secondary N) is 1. The van der Waals surface area contributed by atoms with E-state index in [1.54, 1.807) is 56.7 Å². The Labute approximate surface area is 136 Å². The average molecular weight is 315 g/mol. The second-order valence-corrected chi connectivity index (χ2v) is 5.21. The van der Waals surface area contributed by atoms with Gasteiger partial charge in [-0.1, -0.05) is 0 Å². The van der Waals surface area contributed by atoms with Crippen LogP contribution < -0.4 is 19.5 Å². The smallest absolute Gasteiger partial charge is 0.255 e. The fraction of sp³-hybridized carbons (Fsp3) is 0.278. The highest BCUT2D eigenvalue weighted by Gasteiger charge is 2.11. The summed E-state index contributed by atoms with van der Waals surface area (Å²) in [4.78, 5) is 12.4. The molecule has 0 aromatic heterocycles. The fourth-order valence-electron chi connectivity index (χ4n) is 2.06. The first kappa shape index (κ1) is 16.7. The van der Waals surface area contributed by atoms with Gasteiger partial charge in [0.05, 0.1) is 26.0 Å². The first-order valence-electron chi connectivity index (χ1n) is 7.33. The van der Waals surface area contributed by atoms with Gasteiger partial charge in [0.2, 0.25) is 0 Å². The van der Waals surface area contributed by atoms with E-state index in [1.807, 2.05) is 13.8 Å². The molecule has 0 aliphatic heterocycles. The molecule has 1 N–H and O–H groups in total. The molecule has 0 unspecified atom stereocenters. The van der Waals surface area contributed by atoms with E-state index in [1.165, 1.54) is 0 Å². The van der Waals surface area contributed by atoms with Crippen LogP contribution in [0.15, 0.2) is 42.5 Å². The molecule has 0 saturated carbocycles.